The first kappa shape index (κ1) is 105. The topological polar surface area (TPSA) is 320 Å². The SMILES string of the molecule is Cc1cnc(C(=O)Nc2ccc(CCN3CCOCC3)cc2C2=CCC(C)(C)CC2)[nH]1.Cl.[C-]#[N+]c1cnc(C(=O)Nc2ccc(C(C)(C)N3CCN(CC)CC3)cc2C2=CCC(C)(C)CC2)[nH]1.[C-]#[N+]c1cnc(C(=O)Nc2ccc(C(C)(C)NCCN3CCCC3)cc2C2=CCC(C)(C)CC2)[nH]1.[C-]#[N+]c1cnc(C(=O)Nc2ccc(C(C)(C)NCCNC(C)=O)cc2C2=CCC(C)(C)CC2)[nH]1. The lowest BCUT2D eigenvalue weighted by atomic mass is 9.76. The molecule has 0 saturated carbocycles. The fourth-order valence-corrected chi connectivity index (χ4v) is 18.3. The lowest BCUT2D eigenvalue weighted by Gasteiger charge is -2.44. The minimum Gasteiger partial charge on any atom is -0.379 e. The maximum atomic E-state index is 12.9. The van der Waals surface area contributed by atoms with E-state index < -0.39 is 0 Å². The van der Waals surface area contributed by atoms with Crippen LogP contribution < -0.4 is 37.2 Å². The van der Waals surface area contributed by atoms with Crippen LogP contribution in [0.5, 0.6) is 0 Å². The largest absolute Gasteiger partial charge is 0.379 e. The summed E-state index contributed by atoms with van der Waals surface area (Å²) in [5.74, 6) is 0.192. The Hall–Kier alpha value is -11.5. The smallest absolute Gasteiger partial charge is 0.314 e. The maximum absolute atomic E-state index is 12.9. The van der Waals surface area contributed by atoms with Crippen molar-refractivity contribution in [1.29, 1.82) is 0 Å². The molecule has 3 aliphatic heterocycles. The van der Waals surface area contributed by atoms with E-state index in [4.69, 9.17) is 24.5 Å². The molecule has 15 rings (SSSR count). The van der Waals surface area contributed by atoms with E-state index in [1.54, 1.807) is 6.20 Å². The Labute approximate surface area is 811 Å². The molecule has 0 bridgehead atoms. The molecule has 4 aromatic heterocycles. The average molecular weight is 1870 g/mol. The monoisotopic (exact) mass is 1870 g/mol. The number of morpholine rings is 1. The van der Waals surface area contributed by atoms with Crippen molar-refractivity contribution in [2.75, 3.05) is 126 Å². The number of hydrogen-bond donors (Lipinski definition) is 11. The summed E-state index contributed by atoms with van der Waals surface area (Å²) in [4.78, 5) is 110. The highest BCUT2D eigenvalue weighted by Gasteiger charge is 2.36. The molecule has 136 heavy (non-hydrogen) atoms. The fourth-order valence-electron chi connectivity index (χ4n) is 18.3. The molecule has 3 saturated heterocycles. The second-order valence-electron chi connectivity index (χ2n) is 41.8. The number of nitrogens with zero attached hydrogens (tertiary/aromatic N) is 11. The van der Waals surface area contributed by atoms with E-state index in [2.05, 4.69) is 288 Å². The molecular weight excluding hydrogens is 1720 g/mol. The second kappa shape index (κ2) is 46.6. The van der Waals surface area contributed by atoms with Crippen LogP contribution in [0, 0.1) is 48.3 Å². The van der Waals surface area contributed by atoms with Gasteiger partial charge in [-0.1, -0.05) is 131 Å². The molecule has 4 aromatic carbocycles. The first-order valence-corrected chi connectivity index (χ1v) is 48.3. The summed E-state index contributed by atoms with van der Waals surface area (Å²) in [5, 5.41) is 22.2. The van der Waals surface area contributed by atoms with Crippen LogP contribution in [0.3, 0.4) is 0 Å². The van der Waals surface area contributed by atoms with E-state index in [1.165, 1.54) is 90.4 Å². The van der Waals surface area contributed by atoms with E-state index in [0.29, 0.717) is 35.2 Å². The van der Waals surface area contributed by atoms with Crippen LogP contribution in [-0.4, -0.2) is 194 Å². The van der Waals surface area contributed by atoms with Crippen LogP contribution in [0.15, 0.2) is 122 Å². The molecule has 29 heteroatoms. The number of hydrogen-bond acceptors (Lipinski definition) is 16. The van der Waals surface area contributed by atoms with Crippen LogP contribution >= 0.6 is 12.4 Å². The third-order valence-corrected chi connectivity index (χ3v) is 27.9. The highest BCUT2D eigenvalue weighted by atomic mass is 35.5. The number of H-pyrrole nitrogens is 4. The van der Waals surface area contributed by atoms with Crippen molar-refractivity contribution in [3.8, 4) is 0 Å². The van der Waals surface area contributed by atoms with Gasteiger partial charge in [0.2, 0.25) is 23.4 Å². The van der Waals surface area contributed by atoms with Crippen molar-refractivity contribution in [2.45, 2.75) is 231 Å². The molecule has 3 fully saturated rings. The van der Waals surface area contributed by atoms with Crippen LogP contribution in [0.1, 0.15) is 293 Å². The molecular formula is C107H145ClN22O6. The number of likely N-dealkylation sites (tertiary alicyclic amines) is 1. The normalized spacial score (nSPS) is 17.8. The van der Waals surface area contributed by atoms with Gasteiger partial charge in [0.05, 0.1) is 31.8 Å². The predicted octanol–water partition coefficient (Wildman–Crippen LogP) is 21.0. The summed E-state index contributed by atoms with van der Waals surface area (Å²) >= 11 is 0. The number of rotatable bonds is 28. The van der Waals surface area contributed by atoms with Crippen molar-refractivity contribution in [1.82, 2.24) is 75.4 Å². The van der Waals surface area contributed by atoms with E-state index in [-0.39, 0.29) is 98.9 Å². The summed E-state index contributed by atoms with van der Waals surface area (Å²) in [6, 6.07) is 25.3. The Morgan fingerprint density at radius 2 is 0.801 bits per heavy atom. The number of likely N-dealkylation sites (N-methyl/N-ethyl adjacent to an activating group) is 1. The number of aryl methyl sites for hydroxylation is 1. The van der Waals surface area contributed by atoms with Gasteiger partial charge in [0, 0.05) is 152 Å². The Balaban J connectivity index is 0.000000174. The van der Waals surface area contributed by atoms with E-state index >= 15 is 0 Å². The minimum atomic E-state index is -0.381. The van der Waals surface area contributed by atoms with E-state index in [1.807, 2.05) is 31.2 Å². The average Bonchev–Trinajstić information content (AvgIpc) is 1.28. The number of halogens is 1. The van der Waals surface area contributed by atoms with Gasteiger partial charge in [0.1, 0.15) is 0 Å². The standard InChI is InChI=1S/2C28H38N6O.C26H34N6O2.C25H34N4O2.ClH/c1-27(2)12-10-20(11-13-27)22-18-21(28(3,4)31-14-17-34-15-6-7-16-34)8-9-23(22)32-26(35)25-30-19-24(29-5)33-25;1-7-33-14-16-34(17-15-33)28(4,5)21-8-9-23(31-26(35)25-30-19-24(29-6)32-25)22(18-21)20-10-12-27(2,3)13-11-20;1-17(33)28-13-14-30-26(4,5)19-7-8-21(31-24(34)23-29-16-22(27-6)32-23)20(15-19)18-9-11-25(2,3)12-10-18;1-18-17-26-23(27-18)24(30)28-22-5-4-19(8-11-29-12-14-31-15-13-29)16-21(22)20-6-9-25(2,3)10-7-20;/h8-10,18-19,31H,6-7,11-17H2,1-4H3,(H,30,33)(H,32,35);8-10,18-19H,7,11-17H2,1-5H3,(H,30,32)(H,31,35);7-9,15-16,30H,10-14H2,1-5H3,(H,28,33)(H,29,32)(H,31,34);4-6,16-17H,7-15H2,1-3H3,(H,26,27)(H,28,30);1H. The zero-order valence-electron chi connectivity index (χ0n) is 83.2. The van der Waals surface area contributed by atoms with Gasteiger partial charge in [-0.3, -0.25) is 48.7 Å². The lowest BCUT2D eigenvalue weighted by molar-refractivity contribution is -0.118. The first-order chi connectivity index (χ1) is 64.2. The van der Waals surface area contributed by atoms with Crippen LogP contribution in [0.4, 0.5) is 40.2 Å². The number of piperazine rings is 1. The number of nitrogens with one attached hydrogen (secondary N) is 11. The quantitative estimate of drug-likeness (QED) is 0.0160. The van der Waals surface area contributed by atoms with Crippen molar-refractivity contribution in [2.24, 2.45) is 21.7 Å². The maximum Gasteiger partial charge on any atom is 0.314 e. The first-order valence-electron chi connectivity index (χ1n) is 48.3. The highest BCUT2D eigenvalue weighted by Crippen LogP contribution is 2.47. The Morgan fingerprint density at radius 3 is 1.16 bits per heavy atom. The molecule has 11 N–H and O–H groups in total. The number of ether oxygens (including phenoxy) is 1. The van der Waals surface area contributed by atoms with Crippen molar-refractivity contribution >= 4 is 104 Å². The van der Waals surface area contributed by atoms with Gasteiger partial charge in [-0.2, -0.15) is 0 Å². The number of amides is 5. The van der Waals surface area contributed by atoms with Gasteiger partial charge in [-0.05, 0) is 279 Å². The Morgan fingerprint density at radius 1 is 0.441 bits per heavy atom. The molecule has 7 heterocycles. The zero-order valence-corrected chi connectivity index (χ0v) is 84.1. The Kier molecular flexibility index (Phi) is 35.9. The zero-order chi connectivity index (χ0) is 97.1. The van der Waals surface area contributed by atoms with Crippen molar-refractivity contribution < 1.29 is 28.7 Å². The predicted molar refractivity (Wildman–Crippen MR) is 549 cm³/mol. The van der Waals surface area contributed by atoms with Gasteiger partial charge in [0.25, 0.3) is 23.4 Å². The summed E-state index contributed by atoms with van der Waals surface area (Å²) in [6.45, 7) is 74.3. The second-order valence-corrected chi connectivity index (χ2v) is 41.8. The van der Waals surface area contributed by atoms with Gasteiger partial charge >= 0.3 is 17.7 Å². The van der Waals surface area contributed by atoms with Crippen LogP contribution in [-0.2, 0) is 32.6 Å². The summed E-state index contributed by atoms with van der Waals surface area (Å²) < 4.78 is 5.46. The summed E-state index contributed by atoms with van der Waals surface area (Å²) in [5.41, 5.74) is 18.8. The molecule has 726 valence electrons. The number of carbonyl (C=O) groups excluding carboxylic acids is 5. The fraction of sp³-hybridized carbons (Fsp3) is 0.514. The number of aromatic nitrogens is 8. The van der Waals surface area contributed by atoms with Gasteiger partial charge in [0.15, 0.2) is 5.82 Å². The third kappa shape index (κ3) is 29.1. The van der Waals surface area contributed by atoms with Crippen molar-refractivity contribution in [3.05, 3.63) is 230 Å². The molecule has 0 unspecified atom stereocenters. The molecule has 0 radical (unpaired) electrons. The molecule has 5 amide bonds. The number of benzene rings is 4. The van der Waals surface area contributed by atoms with E-state index in [9.17, 15) is 24.0 Å². The molecule has 28 nitrogen and oxygen atoms in total. The van der Waals surface area contributed by atoms with Gasteiger partial charge in [-0.25, -0.2) is 19.9 Å². The molecule has 0 spiro atoms. The molecule has 8 aromatic rings. The summed E-state index contributed by atoms with van der Waals surface area (Å²) in [6.07, 6.45) is 31.2. The van der Waals surface area contributed by atoms with Crippen LogP contribution in [0.2, 0.25) is 0 Å². The minimum absolute atomic E-state index is 0. The third-order valence-electron chi connectivity index (χ3n) is 27.9. The summed E-state index contributed by atoms with van der Waals surface area (Å²) in [7, 11) is 0. The van der Waals surface area contributed by atoms with Gasteiger partial charge in [-0.15, -0.1) is 12.4 Å². The molecule has 0 atom stereocenters. The number of allylic oxidation sites excluding steroid dienone is 8. The number of carbonyl (C=O) groups is 5. The van der Waals surface area contributed by atoms with Crippen molar-refractivity contribution in [3.63, 3.8) is 0 Å². The molecule has 4 aliphatic carbocycles. The van der Waals surface area contributed by atoms with E-state index in [0.717, 1.165) is 218 Å². The number of anilines is 4. The number of imidazole rings is 4. The lowest BCUT2D eigenvalue weighted by Crippen LogP contribution is -2.53. The van der Waals surface area contributed by atoms with Crippen LogP contribution in [0.25, 0.3) is 36.8 Å². The Bertz CT molecular complexity index is 5770. The highest BCUT2D eigenvalue weighted by molar-refractivity contribution is 6.06. The molecule has 7 aliphatic rings. The van der Waals surface area contributed by atoms with Gasteiger partial charge < -0.3 is 71.3 Å². The number of aromatic amines is 4.